The van der Waals surface area contributed by atoms with Gasteiger partial charge in [-0.2, -0.15) is 0 Å². The fourth-order valence-corrected chi connectivity index (χ4v) is 4.27. The number of carbonyl (C=O) groups excluding carboxylic acids is 1. The highest BCUT2D eigenvalue weighted by Crippen LogP contribution is 2.38. The van der Waals surface area contributed by atoms with Crippen molar-refractivity contribution in [2.24, 2.45) is 0 Å². The van der Waals surface area contributed by atoms with E-state index in [1.54, 1.807) is 23.1 Å². The molecule has 6 nitrogen and oxygen atoms in total. The molecule has 1 saturated heterocycles. The molecule has 0 aliphatic carbocycles. The van der Waals surface area contributed by atoms with Crippen molar-refractivity contribution in [3.05, 3.63) is 69.8 Å². The van der Waals surface area contributed by atoms with Gasteiger partial charge in [-0.15, -0.1) is 0 Å². The normalized spacial score (nSPS) is 14.5. The number of nitro benzene ring substituents is 1. The molecule has 3 rings (SSSR count). The number of benzene rings is 2. The van der Waals surface area contributed by atoms with Crippen molar-refractivity contribution in [2.75, 3.05) is 26.3 Å². The first-order valence-corrected chi connectivity index (χ1v) is 10.4. The van der Waals surface area contributed by atoms with Crippen LogP contribution in [-0.2, 0) is 9.53 Å². The zero-order chi connectivity index (χ0) is 20.8. The van der Waals surface area contributed by atoms with E-state index in [-0.39, 0.29) is 16.5 Å². The molecular weight excluding hydrogens is 388 g/mol. The van der Waals surface area contributed by atoms with Gasteiger partial charge in [0, 0.05) is 30.1 Å². The maximum absolute atomic E-state index is 12.2. The van der Waals surface area contributed by atoms with Gasteiger partial charge in [0.1, 0.15) is 0 Å². The molecule has 0 N–H and O–H groups in total. The zero-order valence-corrected chi connectivity index (χ0v) is 17.4. The van der Waals surface area contributed by atoms with Crippen molar-refractivity contribution < 1.29 is 14.5 Å². The topological polar surface area (TPSA) is 72.7 Å². The van der Waals surface area contributed by atoms with Crippen molar-refractivity contribution >= 4 is 29.4 Å². The molecule has 0 bridgehead atoms. The number of hydrogen-bond acceptors (Lipinski definition) is 5. The number of carbonyl (C=O) groups is 1. The molecule has 1 aliphatic heterocycles. The van der Waals surface area contributed by atoms with Crippen LogP contribution >= 0.6 is 11.8 Å². The Morgan fingerprint density at radius 3 is 2.59 bits per heavy atom. The molecule has 0 radical (unpaired) electrons. The van der Waals surface area contributed by atoms with E-state index in [1.807, 2.05) is 24.3 Å². The first kappa shape index (κ1) is 21.1. The van der Waals surface area contributed by atoms with Crippen LogP contribution in [0.4, 0.5) is 5.69 Å². The van der Waals surface area contributed by atoms with Crippen LogP contribution in [0.25, 0.3) is 6.08 Å². The molecular formula is C22H24N2O4S. The molecule has 1 aliphatic rings. The van der Waals surface area contributed by atoms with E-state index in [0.717, 1.165) is 10.5 Å². The van der Waals surface area contributed by atoms with E-state index >= 15 is 0 Å². The van der Waals surface area contributed by atoms with Crippen LogP contribution in [0.15, 0.2) is 58.3 Å². The second kappa shape index (κ2) is 9.71. The first-order valence-electron chi connectivity index (χ1n) is 9.55. The minimum Gasteiger partial charge on any atom is -0.378 e. The highest BCUT2D eigenvalue weighted by molar-refractivity contribution is 7.99. The van der Waals surface area contributed by atoms with Gasteiger partial charge >= 0.3 is 0 Å². The molecule has 1 fully saturated rings. The largest absolute Gasteiger partial charge is 0.378 e. The van der Waals surface area contributed by atoms with Crippen LogP contribution < -0.4 is 0 Å². The van der Waals surface area contributed by atoms with Crippen LogP contribution in [0.1, 0.15) is 30.9 Å². The van der Waals surface area contributed by atoms with Crippen LogP contribution in [0.5, 0.6) is 0 Å². The predicted molar refractivity (Wildman–Crippen MR) is 114 cm³/mol. The summed E-state index contributed by atoms with van der Waals surface area (Å²) in [6, 6.07) is 13.0. The minimum atomic E-state index is -0.374. The number of ether oxygens (including phenoxy) is 1. The summed E-state index contributed by atoms with van der Waals surface area (Å²) in [5.41, 5.74) is 1.82. The number of rotatable bonds is 6. The van der Waals surface area contributed by atoms with Gasteiger partial charge < -0.3 is 9.64 Å². The van der Waals surface area contributed by atoms with E-state index in [2.05, 4.69) is 13.8 Å². The highest BCUT2D eigenvalue weighted by Gasteiger charge is 2.18. The van der Waals surface area contributed by atoms with E-state index in [0.29, 0.717) is 42.7 Å². The van der Waals surface area contributed by atoms with E-state index in [9.17, 15) is 14.9 Å². The summed E-state index contributed by atoms with van der Waals surface area (Å²) in [6.45, 7) is 6.41. The van der Waals surface area contributed by atoms with Crippen molar-refractivity contribution in [2.45, 2.75) is 29.6 Å². The number of nitro groups is 1. The Balaban J connectivity index is 1.81. The summed E-state index contributed by atoms with van der Waals surface area (Å²) in [4.78, 5) is 26.8. The summed E-state index contributed by atoms with van der Waals surface area (Å²) in [6.07, 6.45) is 3.09. The maximum Gasteiger partial charge on any atom is 0.283 e. The molecule has 0 saturated carbocycles. The molecule has 7 heteroatoms. The Labute approximate surface area is 174 Å². The van der Waals surface area contributed by atoms with Gasteiger partial charge in [-0.25, -0.2) is 0 Å². The van der Waals surface area contributed by atoms with Crippen molar-refractivity contribution in [3.63, 3.8) is 0 Å². The summed E-state index contributed by atoms with van der Waals surface area (Å²) in [5, 5.41) is 11.6. The van der Waals surface area contributed by atoms with Gasteiger partial charge in [0.05, 0.1) is 23.0 Å². The third-order valence-corrected chi connectivity index (χ3v) is 5.84. The average Bonchev–Trinajstić information content (AvgIpc) is 2.73. The fraction of sp³-hybridized carbons (Fsp3) is 0.318. The third kappa shape index (κ3) is 5.46. The third-order valence-electron chi connectivity index (χ3n) is 4.68. The predicted octanol–water partition coefficient (Wildman–Crippen LogP) is 4.74. The lowest BCUT2D eigenvalue weighted by molar-refractivity contribution is -0.387. The first-order chi connectivity index (χ1) is 14.0. The number of nitrogens with zero attached hydrogens (tertiary/aromatic N) is 2. The lowest BCUT2D eigenvalue weighted by Crippen LogP contribution is -2.39. The van der Waals surface area contributed by atoms with E-state index in [1.165, 1.54) is 23.9 Å². The molecule has 0 aromatic heterocycles. The van der Waals surface area contributed by atoms with E-state index < -0.39 is 0 Å². The van der Waals surface area contributed by atoms with Crippen molar-refractivity contribution in [1.29, 1.82) is 0 Å². The number of hydrogen-bond donors (Lipinski definition) is 0. The Morgan fingerprint density at radius 1 is 1.17 bits per heavy atom. The van der Waals surface area contributed by atoms with Gasteiger partial charge in [0.2, 0.25) is 5.91 Å². The molecule has 0 atom stereocenters. The Kier molecular flexibility index (Phi) is 7.06. The van der Waals surface area contributed by atoms with Crippen molar-refractivity contribution in [1.82, 2.24) is 4.90 Å². The average molecular weight is 413 g/mol. The van der Waals surface area contributed by atoms with Crippen LogP contribution in [0.2, 0.25) is 0 Å². The van der Waals surface area contributed by atoms with Gasteiger partial charge in [0.25, 0.3) is 5.69 Å². The smallest absolute Gasteiger partial charge is 0.283 e. The van der Waals surface area contributed by atoms with Crippen LogP contribution in [0, 0.1) is 10.1 Å². The number of morpholine rings is 1. The van der Waals surface area contributed by atoms with Gasteiger partial charge in [-0.1, -0.05) is 49.9 Å². The SMILES string of the molecule is CC(C)c1ccccc1Sc1ccc(C=CC(=O)N2CCOCC2)cc1[N+](=O)[O-]. The molecule has 2 aromatic rings. The minimum absolute atomic E-state index is 0.0366. The fourth-order valence-electron chi connectivity index (χ4n) is 3.09. The molecule has 29 heavy (non-hydrogen) atoms. The van der Waals surface area contributed by atoms with Crippen molar-refractivity contribution in [3.8, 4) is 0 Å². The molecule has 1 heterocycles. The molecule has 0 spiro atoms. The molecule has 152 valence electrons. The molecule has 1 amide bonds. The molecule has 0 unspecified atom stereocenters. The summed E-state index contributed by atoms with van der Waals surface area (Å²) < 4.78 is 5.24. The number of amides is 1. The highest BCUT2D eigenvalue weighted by atomic mass is 32.2. The van der Waals surface area contributed by atoms with Crippen LogP contribution in [-0.4, -0.2) is 42.0 Å². The van der Waals surface area contributed by atoms with Gasteiger partial charge in [-0.3, -0.25) is 14.9 Å². The second-order valence-corrected chi connectivity index (χ2v) is 8.13. The summed E-state index contributed by atoms with van der Waals surface area (Å²) >= 11 is 1.40. The Hall–Kier alpha value is -2.64. The van der Waals surface area contributed by atoms with Crippen LogP contribution in [0.3, 0.4) is 0 Å². The summed E-state index contributed by atoms with van der Waals surface area (Å²) in [7, 11) is 0. The monoisotopic (exact) mass is 412 g/mol. The zero-order valence-electron chi connectivity index (χ0n) is 16.5. The maximum atomic E-state index is 12.2. The van der Waals surface area contributed by atoms with E-state index in [4.69, 9.17) is 4.74 Å². The lowest BCUT2D eigenvalue weighted by atomic mass is 10.0. The lowest BCUT2D eigenvalue weighted by Gasteiger charge is -2.25. The Morgan fingerprint density at radius 2 is 1.90 bits per heavy atom. The summed E-state index contributed by atoms with van der Waals surface area (Å²) in [5.74, 6) is 0.214. The standard InChI is InChI=1S/C22H24N2O4S/c1-16(2)18-5-3-4-6-20(18)29-21-9-7-17(15-19(21)24(26)27)8-10-22(25)23-11-13-28-14-12-23/h3-10,15-16H,11-14H2,1-2H3. The molecule has 2 aromatic carbocycles. The Bertz CT molecular complexity index is 921. The quantitative estimate of drug-likeness (QED) is 0.389. The second-order valence-electron chi connectivity index (χ2n) is 7.05. The van der Waals surface area contributed by atoms with Gasteiger partial charge in [0.15, 0.2) is 0 Å². The van der Waals surface area contributed by atoms with Gasteiger partial charge in [-0.05, 0) is 35.3 Å².